The summed E-state index contributed by atoms with van der Waals surface area (Å²) in [7, 11) is 0. The largest absolute Gasteiger partial charge is 0.456 e. The molecule has 0 radical (unpaired) electrons. The first-order valence-corrected chi connectivity index (χ1v) is 12.2. The van der Waals surface area contributed by atoms with E-state index in [4.69, 9.17) is 16.3 Å². The Balaban J connectivity index is 1.34. The average molecular weight is 540 g/mol. The normalized spacial score (nSPS) is 11.5. The van der Waals surface area contributed by atoms with Crippen LogP contribution >= 0.6 is 22.9 Å². The Bertz CT molecular complexity index is 1550. The molecule has 0 bridgehead atoms. The molecule has 0 aliphatic heterocycles. The van der Waals surface area contributed by atoms with Gasteiger partial charge in [-0.25, -0.2) is 9.48 Å². The Morgan fingerprint density at radius 1 is 0.973 bits per heavy atom. The van der Waals surface area contributed by atoms with Crippen molar-refractivity contribution in [3.05, 3.63) is 112 Å². The molecule has 0 saturated heterocycles. The number of carbonyl (C=O) groups is 1. The fourth-order valence-electron chi connectivity index (χ4n) is 3.63. The highest BCUT2D eigenvalue weighted by Crippen LogP contribution is 2.35. The summed E-state index contributed by atoms with van der Waals surface area (Å²) < 4.78 is 46.9. The fraction of sp³-hybridized carbons (Fsp3) is 0.0741. The molecule has 0 spiro atoms. The summed E-state index contributed by atoms with van der Waals surface area (Å²) in [6.07, 6.45) is -2.92. The van der Waals surface area contributed by atoms with Crippen molar-refractivity contribution >= 4 is 28.9 Å². The predicted molar refractivity (Wildman–Crippen MR) is 136 cm³/mol. The first-order valence-electron chi connectivity index (χ1n) is 11.0. The van der Waals surface area contributed by atoms with Crippen molar-refractivity contribution in [3.8, 4) is 27.5 Å². The number of halogens is 4. The zero-order valence-corrected chi connectivity index (χ0v) is 20.5. The Kier molecular flexibility index (Phi) is 6.82. The number of rotatable bonds is 6. The minimum absolute atomic E-state index is 0.0896. The third kappa shape index (κ3) is 5.42. The number of alkyl halides is 3. The highest BCUT2D eigenvalue weighted by Gasteiger charge is 2.35. The van der Waals surface area contributed by atoms with E-state index in [0.29, 0.717) is 11.3 Å². The van der Waals surface area contributed by atoms with E-state index in [9.17, 15) is 18.0 Å². The van der Waals surface area contributed by atoms with Crippen LogP contribution in [0.25, 0.3) is 27.5 Å². The molecule has 3 heterocycles. The van der Waals surface area contributed by atoms with Crippen molar-refractivity contribution in [2.75, 3.05) is 0 Å². The number of aromatic nitrogens is 3. The van der Waals surface area contributed by atoms with Gasteiger partial charge in [0.05, 0.1) is 32.5 Å². The van der Waals surface area contributed by atoms with E-state index in [2.05, 4.69) is 10.1 Å². The monoisotopic (exact) mass is 539 g/mol. The highest BCUT2D eigenvalue weighted by molar-refractivity contribution is 7.15. The molecule has 5 rings (SSSR count). The fourth-order valence-corrected chi connectivity index (χ4v) is 4.74. The Hall–Kier alpha value is -3.95. The van der Waals surface area contributed by atoms with E-state index in [-0.39, 0.29) is 22.9 Å². The van der Waals surface area contributed by atoms with Crippen molar-refractivity contribution in [2.45, 2.75) is 12.8 Å². The molecule has 0 unspecified atom stereocenters. The topological polar surface area (TPSA) is 57.0 Å². The SMILES string of the molecule is O=C(OCc1ccc(-c2ccccn2)s1)c1ccc(-c2cc(C(F)(F)F)nn2-c2ccccc2Cl)cc1. The zero-order chi connectivity index (χ0) is 26.0. The summed E-state index contributed by atoms with van der Waals surface area (Å²) in [6, 6.07) is 23.0. The van der Waals surface area contributed by atoms with Crippen LogP contribution in [0.4, 0.5) is 13.2 Å². The second-order valence-corrected chi connectivity index (χ2v) is 9.49. The van der Waals surface area contributed by atoms with Crippen LogP contribution in [0.5, 0.6) is 0 Å². The van der Waals surface area contributed by atoms with E-state index in [1.165, 1.54) is 23.5 Å². The maximum atomic E-state index is 13.4. The molecule has 0 fully saturated rings. The zero-order valence-electron chi connectivity index (χ0n) is 18.9. The molecule has 0 amide bonds. The quantitative estimate of drug-likeness (QED) is 0.208. The molecule has 3 aromatic heterocycles. The number of carbonyl (C=O) groups excluding carboxylic acids is 1. The van der Waals surface area contributed by atoms with Crippen LogP contribution in [0.1, 0.15) is 20.9 Å². The third-order valence-corrected chi connectivity index (χ3v) is 6.82. The standard InChI is InChI=1S/C27H17ClF3N3O2S/c28-20-5-1-2-7-22(20)34-23(15-25(33-34)27(29,30)31)17-8-10-18(11-9-17)26(35)36-16-19-12-13-24(37-19)21-6-3-4-14-32-21/h1-15H,16H2. The van der Waals surface area contributed by atoms with Crippen LogP contribution in [0.15, 0.2) is 91.1 Å². The smallest absolute Gasteiger partial charge is 0.435 e. The molecule has 5 aromatic rings. The van der Waals surface area contributed by atoms with Gasteiger partial charge in [0.15, 0.2) is 5.69 Å². The lowest BCUT2D eigenvalue weighted by atomic mass is 10.1. The van der Waals surface area contributed by atoms with Gasteiger partial charge in [-0.05, 0) is 54.6 Å². The van der Waals surface area contributed by atoms with Crippen LogP contribution < -0.4 is 0 Å². The van der Waals surface area contributed by atoms with Crippen molar-refractivity contribution in [3.63, 3.8) is 0 Å². The average Bonchev–Trinajstić information content (AvgIpc) is 3.56. The maximum absolute atomic E-state index is 13.4. The van der Waals surface area contributed by atoms with Gasteiger partial charge in [0, 0.05) is 16.6 Å². The lowest BCUT2D eigenvalue weighted by Gasteiger charge is -2.10. The highest BCUT2D eigenvalue weighted by atomic mass is 35.5. The van der Waals surface area contributed by atoms with Gasteiger partial charge >= 0.3 is 12.1 Å². The predicted octanol–water partition coefficient (Wildman–Crippen LogP) is 7.69. The summed E-state index contributed by atoms with van der Waals surface area (Å²) in [6.45, 7) is 0.0896. The third-order valence-electron chi connectivity index (χ3n) is 5.42. The number of esters is 1. The summed E-state index contributed by atoms with van der Waals surface area (Å²) in [5, 5.41) is 4.00. The minimum atomic E-state index is -4.64. The van der Waals surface area contributed by atoms with Gasteiger partial charge in [0.25, 0.3) is 0 Å². The number of para-hydroxylation sites is 1. The molecule has 37 heavy (non-hydrogen) atoms. The van der Waals surface area contributed by atoms with Crippen molar-refractivity contribution in [1.29, 1.82) is 0 Å². The molecule has 0 aliphatic carbocycles. The number of pyridine rings is 1. The molecule has 10 heteroatoms. The van der Waals surface area contributed by atoms with Crippen LogP contribution in [0.2, 0.25) is 5.02 Å². The summed E-state index contributed by atoms with van der Waals surface area (Å²) in [5.41, 5.74) is 0.972. The first kappa shape index (κ1) is 24.7. The number of benzene rings is 2. The van der Waals surface area contributed by atoms with Crippen molar-refractivity contribution in [1.82, 2.24) is 14.8 Å². The van der Waals surface area contributed by atoms with E-state index < -0.39 is 17.8 Å². The van der Waals surface area contributed by atoms with Crippen molar-refractivity contribution in [2.24, 2.45) is 0 Å². The van der Waals surface area contributed by atoms with Gasteiger partial charge in [-0.3, -0.25) is 4.98 Å². The summed E-state index contributed by atoms with van der Waals surface area (Å²) in [4.78, 5) is 18.7. The molecular weight excluding hydrogens is 523 g/mol. The maximum Gasteiger partial charge on any atom is 0.435 e. The minimum Gasteiger partial charge on any atom is -0.456 e. The van der Waals surface area contributed by atoms with Crippen LogP contribution in [0, 0.1) is 0 Å². The Labute approximate surface area is 218 Å². The number of thiophene rings is 1. The van der Waals surface area contributed by atoms with Crippen LogP contribution in [-0.2, 0) is 17.5 Å². The molecule has 0 N–H and O–H groups in total. The number of ether oxygens (including phenoxy) is 1. The van der Waals surface area contributed by atoms with Gasteiger partial charge in [-0.15, -0.1) is 11.3 Å². The number of hydrogen-bond donors (Lipinski definition) is 0. The first-order chi connectivity index (χ1) is 17.8. The Morgan fingerprint density at radius 2 is 1.73 bits per heavy atom. The van der Waals surface area contributed by atoms with Gasteiger partial charge in [0.2, 0.25) is 0 Å². The van der Waals surface area contributed by atoms with Gasteiger partial charge < -0.3 is 4.74 Å². The molecule has 186 valence electrons. The van der Waals surface area contributed by atoms with E-state index in [1.807, 2.05) is 30.3 Å². The molecule has 5 nitrogen and oxygen atoms in total. The van der Waals surface area contributed by atoms with E-state index >= 15 is 0 Å². The molecule has 0 aliphatic rings. The summed E-state index contributed by atoms with van der Waals surface area (Å²) >= 11 is 7.70. The van der Waals surface area contributed by atoms with Gasteiger partial charge in [-0.2, -0.15) is 18.3 Å². The van der Waals surface area contributed by atoms with E-state index in [1.54, 1.807) is 42.6 Å². The Morgan fingerprint density at radius 3 is 2.43 bits per heavy atom. The van der Waals surface area contributed by atoms with Gasteiger partial charge in [-0.1, -0.05) is 41.9 Å². The lowest BCUT2D eigenvalue weighted by molar-refractivity contribution is -0.141. The summed E-state index contributed by atoms with van der Waals surface area (Å²) in [5.74, 6) is -0.546. The lowest BCUT2D eigenvalue weighted by Crippen LogP contribution is -2.07. The number of nitrogens with zero attached hydrogens (tertiary/aromatic N) is 3. The second kappa shape index (κ2) is 10.2. The van der Waals surface area contributed by atoms with Crippen LogP contribution in [0.3, 0.4) is 0 Å². The van der Waals surface area contributed by atoms with E-state index in [0.717, 1.165) is 26.2 Å². The second-order valence-electron chi connectivity index (χ2n) is 7.91. The molecule has 2 aromatic carbocycles. The van der Waals surface area contributed by atoms with Gasteiger partial charge in [0.1, 0.15) is 6.61 Å². The molecule has 0 saturated carbocycles. The molecule has 0 atom stereocenters. The number of hydrogen-bond acceptors (Lipinski definition) is 5. The van der Waals surface area contributed by atoms with Crippen molar-refractivity contribution < 1.29 is 22.7 Å². The van der Waals surface area contributed by atoms with Crippen LogP contribution in [-0.4, -0.2) is 20.7 Å². The molecular formula is C27H17ClF3N3O2S.